The summed E-state index contributed by atoms with van der Waals surface area (Å²) >= 11 is 1.58. The highest BCUT2D eigenvalue weighted by molar-refractivity contribution is 8.00. The molecule has 1 N–H and O–H groups in total. The molecule has 2 heterocycles. The number of carboxylic acids is 1. The average molecular weight is 446 g/mol. The Hall–Kier alpha value is -2.22. The highest BCUT2D eigenvalue weighted by atomic mass is 32.2. The van der Waals surface area contributed by atoms with Crippen molar-refractivity contribution in [3.05, 3.63) is 72.3 Å². The molecule has 0 aliphatic carbocycles. The van der Waals surface area contributed by atoms with E-state index in [1.54, 1.807) is 30.1 Å². The van der Waals surface area contributed by atoms with E-state index in [-0.39, 0.29) is 24.3 Å². The molecule has 3 unspecified atom stereocenters. The second-order valence-corrected chi connectivity index (χ2v) is 9.80. The van der Waals surface area contributed by atoms with E-state index in [4.69, 9.17) is 14.6 Å². The van der Waals surface area contributed by atoms with Crippen LogP contribution in [0.25, 0.3) is 0 Å². The van der Waals surface area contributed by atoms with Gasteiger partial charge in [0, 0.05) is 29.6 Å². The maximum atomic E-state index is 13.2. The topological polar surface area (TPSA) is 68.7 Å². The number of ether oxygens (including phenoxy) is 2. The van der Waals surface area contributed by atoms with Crippen molar-refractivity contribution >= 4 is 17.7 Å². The molecule has 0 amide bonds. The number of allylic oxidation sites excluding steroid dienone is 2. The van der Waals surface area contributed by atoms with E-state index in [0.717, 1.165) is 16.9 Å². The number of benzene rings is 1. The second-order valence-electron chi connectivity index (χ2n) is 8.07. The van der Waals surface area contributed by atoms with Gasteiger partial charge in [-0.3, -0.25) is 9.78 Å². The van der Waals surface area contributed by atoms with Gasteiger partial charge in [0.05, 0.1) is 17.5 Å². The fraction of sp³-hybridized carbons (Fsp3) is 0.417. The van der Waals surface area contributed by atoms with Crippen LogP contribution in [0.1, 0.15) is 44.8 Å². The van der Waals surface area contributed by atoms with Gasteiger partial charge in [-0.05, 0) is 62.6 Å². The quantitative estimate of drug-likeness (QED) is 0.398. The number of nitrogens with zero attached hydrogens (tertiary/aromatic N) is 1. The number of aromatic nitrogens is 1. The van der Waals surface area contributed by atoms with Crippen molar-refractivity contribution in [1.29, 1.82) is 0 Å². The highest BCUT2D eigenvalue weighted by Crippen LogP contribution is 2.43. The van der Waals surface area contributed by atoms with Crippen molar-refractivity contribution < 1.29 is 23.8 Å². The molecule has 3 atom stereocenters. The molecule has 0 bridgehead atoms. The minimum absolute atomic E-state index is 0.0909. The molecule has 5 nitrogen and oxygen atoms in total. The number of pyridine rings is 1. The van der Waals surface area contributed by atoms with E-state index >= 15 is 0 Å². The fourth-order valence-electron chi connectivity index (χ4n) is 3.48. The van der Waals surface area contributed by atoms with Gasteiger partial charge >= 0.3 is 5.97 Å². The van der Waals surface area contributed by atoms with E-state index in [1.165, 1.54) is 12.1 Å². The van der Waals surface area contributed by atoms with Gasteiger partial charge in [-0.15, -0.1) is 11.8 Å². The molecule has 2 aromatic rings. The van der Waals surface area contributed by atoms with Gasteiger partial charge in [0.1, 0.15) is 5.82 Å². The lowest BCUT2D eigenvalue weighted by molar-refractivity contribution is -0.248. The SMILES string of the molecule is CC(C)(Sc1ccc(F)cc1)C1OCC(C/C=C\CCC(=O)O)C(c2cccnc2)O1. The van der Waals surface area contributed by atoms with Crippen LogP contribution in [0.15, 0.2) is 65.8 Å². The Morgan fingerprint density at radius 2 is 2.06 bits per heavy atom. The van der Waals surface area contributed by atoms with E-state index in [9.17, 15) is 9.18 Å². The third-order valence-electron chi connectivity index (χ3n) is 5.07. The largest absolute Gasteiger partial charge is 0.481 e. The number of carbonyl (C=O) groups is 1. The first-order chi connectivity index (χ1) is 14.8. The number of halogens is 1. The molecular formula is C24H28FNO4S. The Bertz CT molecular complexity index is 873. The second kappa shape index (κ2) is 10.9. The van der Waals surface area contributed by atoms with Gasteiger partial charge in [-0.2, -0.15) is 0 Å². The number of aliphatic carboxylic acids is 1. The third-order valence-corrected chi connectivity index (χ3v) is 6.29. The number of rotatable bonds is 9. The summed E-state index contributed by atoms with van der Waals surface area (Å²) in [5.74, 6) is -0.970. The number of thioether (sulfide) groups is 1. The summed E-state index contributed by atoms with van der Waals surface area (Å²) in [6.07, 6.45) is 8.14. The molecule has 3 rings (SSSR count). The summed E-state index contributed by atoms with van der Waals surface area (Å²) < 4.78 is 25.4. The highest BCUT2D eigenvalue weighted by Gasteiger charge is 2.41. The smallest absolute Gasteiger partial charge is 0.303 e. The predicted octanol–water partition coefficient (Wildman–Crippen LogP) is 5.63. The van der Waals surface area contributed by atoms with Gasteiger partial charge in [0.25, 0.3) is 0 Å². The van der Waals surface area contributed by atoms with Gasteiger partial charge in [-0.25, -0.2) is 4.39 Å². The summed E-state index contributed by atoms with van der Waals surface area (Å²) in [6.45, 7) is 4.62. The molecule has 7 heteroatoms. The molecule has 1 aromatic heterocycles. The van der Waals surface area contributed by atoms with Crippen LogP contribution in [0.2, 0.25) is 0 Å². The number of carboxylic acid groups (broad SMARTS) is 1. The van der Waals surface area contributed by atoms with E-state index in [2.05, 4.69) is 18.8 Å². The zero-order valence-corrected chi connectivity index (χ0v) is 18.6. The lowest BCUT2D eigenvalue weighted by atomic mass is 9.92. The monoisotopic (exact) mass is 445 g/mol. The maximum absolute atomic E-state index is 13.2. The maximum Gasteiger partial charge on any atom is 0.303 e. The summed E-state index contributed by atoms with van der Waals surface area (Å²) in [6, 6.07) is 10.3. The molecule has 166 valence electrons. The molecule has 1 aliphatic heterocycles. The lowest BCUT2D eigenvalue weighted by Gasteiger charge is -2.42. The van der Waals surface area contributed by atoms with E-state index in [0.29, 0.717) is 13.0 Å². The van der Waals surface area contributed by atoms with Crippen molar-refractivity contribution in [2.24, 2.45) is 5.92 Å². The van der Waals surface area contributed by atoms with Gasteiger partial charge in [0.2, 0.25) is 0 Å². The van der Waals surface area contributed by atoms with Gasteiger partial charge < -0.3 is 14.6 Å². The molecule has 0 radical (unpaired) electrons. The summed E-state index contributed by atoms with van der Waals surface area (Å²) in [5.41, 5.74) is 0.988. The van der Waals surface area contributed by atoms with Crippen molar-refractivity contribution in [3.8, 4) is 0 Å². The molecule has 0 spiro atoms. The fourth-order valence-corrected chi connectivity index (χ4v) is 4.58. The molecule has 31 heavy (non-hydrogen) atoms. The normalized spacial score (nSPS) is 22.0. The lowest BCUT2D eigenvalue weighted by Crippen LogP contribution is -2.45. The van der Waals surface area contributed by atoms with Crippen molar-refractivity contribution in [2.75, 3.05) is 6.61 Å². The van der Waals surface area contributed by atoms with Crippen LogP contribution < -0.4 is 0 Å². The van der Waals surface area contributed by atoms with Gasteiger partial charge in [-0.1, -0.05) is 18.2 Å². The van der Waals surface area contributed by atoms with E-state index in [1.807, 2.05) is 30.5 Å². The Labute approximate surface area is 186 Å². The zero-order chi connectivity index (χ0) is 22.3. The first-order valence-electron chi connectivity index (χ1n) is 10.3. The van der Waals surface area contributed by atoms with Crippen LogP contribution in [0.4, 0.5) is 4.39 Å². The summed E-state index contributed by atoms with van der Waals surface area (Å²) in [7, 11) is 0. The molecule has 1 fully saturated rings. The van der Waals surface area contributed by atoms with Crippen molar-refractivity contribution in [1.82, 2.24) is 4.98 Å². The average Bonchev–Trinajstić information content (AvgIpc) is 2.75. The van der Waals surface area contributed by atoms with Crippen LogP contribution in [0.3, 0.4) is 0 Å². The summed E-state index contributed by atoms with van der Waals surface area (Å²) in [4.78, 5) is 15.9. The van der Waals surface area contributed by atoms with Gasteiger partial charge in [0.15, 0.2) is 6.29 Å². The van der Waals surface area contributed by atoms with Crippen LogP contribution in [-0.2, 0) is 14.3 Å². The van der Waals surface area contributed by atoms with E-state index < -0.39 is 17.0 Å². The molecule has 0 saturated carbocycles. The van der Waals surface area contributed by atoms with Crippen molar-refractivity contribution in [3.63, 3.8) is 0 Å². The minimum atomic E-state index is -0.800. The summed E-state index contributed by atoms with van der Waals surface area (Å²) in [5, 5.41) is 8.78. The number of hydrogen-bond donors (Lipinski definition) is 1. The third kappa shape index (κ3) is 6.89. The number of hydrogen-bond acceptors (Lipinski definition) is 5. The van der Waals surface area contributed by atoms with Crippen LogP contribution >= 0.6 is 11.8 Å². The van der Waals surface area contributed by atoms with Crippen LogP contribution in [0.5, 0.6) is 0 Å². The predicted molar refractivity (Wildman–Crippen MR) is 118 cm³/mol. The first kappa shape index (κ1) is 23.4. The minimum Gasteiger partial charge on any atom is -0.481 e. The Kier molecular flexibility index (Phi) is 8.23. The van der Waals surface area contributed by atoms with Crippen LogP contribution in [-0.4, -0.2) is 33.7 Å². The molecule has 1 aromatic carbocycles. The Morgan fingerprint density at radius 3 is 2.74 bits per heavy atom. The molecule has 1 aliphatic rings. The standard InChI is InChI=1S/C24H28FNO4S/c1-24(2,31-20-12-10-19(25)11-13-20)23-29-16-18(7-4-3-5-9-21(27)28)22(30-23)17-8-6-14-26-15-17/h3-4,6,8,10-15,18,22-23H,5,7,9,16H2,1-2H3,(H,27,28)/b4-3-. The first-order valence-corrected chi connectivity index (χ1v) is 11.1. The Balaban J connectivity index is 1.70. The van der Waals surface area contributed by atoms with Crippen LogP contribution in [0, 0.1) is 11.7 Å². The molecule has 1 saturated heterocycles. The van der Waals surface area contributed by atoms with Crippen molar-refractivity contribution in [2.45, 2.75) is 55.1 Å². The molecular weight excluding hydrogens is 417 g/mol. The Morgan fingerprint density at radius 1 is 1.29 bits per heavy atom. The zero-order valence-electron chi connectivity index (χ0n) is 17.7.